The van der Waals surface area contributed by atoms with Crippen LogP contribution in [0.3, 0.4) is 0 Å². The Bertz CT molecular complexity index is 491. The number of rotatable bonds is 11. The van der Waals surface area contributed by atoms with E-state index in [2.05, 4.69) is 10.1 Å². The maximum atomic E-state index is 11.5. The maximum Gasteiger partial charge on any atom is 0.404 e. The first-order valence-electron chi connectivity index (χ1n) is 7.27. The van der Waals surface area contributed by atoms with E-state index in [0.717, 1.165) is 5.56 Å². The van der Waals surface area contributed by atoms with Gasteiger partial charge in [-0.15, -0.1) is 0 Å². The minimum absolute atomic E-state index is 0.124. The summed E-state index contributed by atoms with van der Waals surface area (Å²) in [4.78, 5) is 21.8. The van der Waals surface area contributed by atoms with Gasteiger partial charge in [-0.25, -0.2) is 4.79 Å². The normalized spacial score (nSPS) is 10.6. The van der Waals surface area contributed by atoms with Crippen molar-refractivity contribution in [2.45, 2.75) is 0 Å². The number of benzene rings is 1. The monoisotopic (exact) mass is 322 g/mol. The van der Waals surface area contributed by atoms with Gasteiger partial charge in [0.15, 0.2) is 0 Å². The highest BCUT2D eigenvalue weighted by Gasteiger charge is 1.96. The lowest BCUT2D eigenvalue weighted by Gasteiger charge is -2.06. The van der Waals surface area contributed by atoms with Crippen LogP contribution in [-0.2, 0) is 19.0 Å². The van der Waals surface area contributed by atoms with E-state index in [0.29, 0.717) is 26.4 Å². The van der Waals surface area contributed by atoms with Crippen molar-refractivity contribution in [2.75, 3.05) is 39.6 Å². The molecule has 0 saturated carbocycles. The molecule has 1 rings (SSSR count). The van der Waals surface area contributed by atoms with Crippen molar-refractivity contribution in [3.8, 4) is 0 Å². The average molecular weight is 322 g/mol. The molecule has 3 N–H and O–H groups in total. The molecule has 1 aromatic rings. The summed E-state index contributed by atoms with van der Waals surface area (Å²) in [5.74, 6) is -0.169. The number of primary amides is 1. The van der Waals surface area contributed by atoms with E-state index < -0.39 is 6.09 Å². The van der Waals surface area contributed by atoms with E-state index in [1.54, 1.807) is 6.08 Å². The fraction of sp³-hybridized carbons (Fsp3) is 0.375. The van der Waals surface area contributed by atoms with E-state index in [1.165, 1.54) is 6.08 Å². The first-order valence-corrected chi connectivity index (χ1v) is 7.27. The highest BCUT2D eigenvalue weighted by Crippen LogP contribution is 2.00. The summed E-state index contributed by atoms with van der Waals surface area (Å²) >= 11 is 0. The molecule has 0 aromatic heterocycles. The molecule has 0 aliphatic carbocycles. The number of hydrogen-bond donors (Lipinski definition) is 2. The quantitative estimate of drug-likeness (QED) is 0.466. The summed E-state index contributed by atoms with van der Waals surface area (Å²) in [6, 6.07) is 9.58. The summed E-state index contributed by atoms with van der Waals surface area (Å²) in [7, 11) is 0. The van der Waals surface area contributed by atoms with E-state index in [1.807, 2.05) is 30.3 Å². The Kier molecular flexibility index (Phi) is 9.90. The predicted octanol–water partition coefficient (Wildman–Crippen LogP) is 0.945. The van der Waals surface area contributed by atoms with Gasteiger partial charge >= 0.3 is 6.09 Å². The number of ether oxygens (including phenoxy) is 3. The molecule has 7 nitrogen and oxygen atoms in total. The number of carbonyl (C=O) groups excluding carboxylic acids is 2. The molecule has 0 saturated heterocycles. The lowest BCUT2D eigenvalue weighted by molar-refractivity contribution is -0.116. The van der Waals surface area contributed by atoms with Crippen molar-refractivity contribution < 1.29 is 23.8 Å². The molecular weight excluding hydrogens is 300 g/mol. The molecular formula is C16H22N2O5. The molecule has 0 bridgehead atoms. The lowest BCUT2D eigenvalue weighted by atomic mass is 10.2. The lowest BCUT2D eigenvalue weighted by Crippen LogP contribution is -2.26. The molecule has 1 aromatic carbocycles. The largest absolute Gasteiger partial charge is 0.447 e. The molecule has 0 unspecified atom stereocenters. The van der Waals surface area contributed by atoms with Gasteiger partial charge in [0.05, 0.1) is 26.4 Å². The van der Waals surface area contributed by atoms with Crippen LogP contribution in [0, 0.1) is 0 Å². The second-order valence-corrected chi connectivity index (χ2v) is 4.43. The zero-order chi connectivity index (χ0) is 16.8. The van der Waals surface area contributed by atoms with Crippen molar-refractivity contribution in [1.82, 2.24) is 5.32 Å². The summed E-state index contributed by atoms with van der Waals surface area (Å²) in [5.41, 5.74) is 5.76. The molecule has 23 heavy (non-hydrogen) atoms. The van der Waals surface area contributed by atoms with Crippen LogP contribution in [0.2, 0.25) is 0 Å². The van der Waals surface area contributed by atoms with Gasteiger partial charge < -0.3 is 25.3 Å². The molecule has 0 radical (unpaired) electrons. The zero-order valence-corrected chi connectivity index (χ0v) is 12.9. The Morgan fingerprint density at radius 3 is 2.35 bits per heavy atom. The third-order valence-corrected chi connectivity index (χ3v) is 2.62. The zero-order valence-electron chi connectivity index (χ0n) is 12.9. The summed E-state index contributed by atoms with van der Waals surface area (Å²) in [5, 5.41) is 2.71. The second-order valence-electron chi connectivity index (χ2n) is 4.43. The molecule has 0 heterocycles. The van der Waals surface area contributed by atoms with E-state index in [9.17, 15) is 9.59 Å². The highest BCUT2D eigenvalue weighted by molar-refractivity contribution is 5.91. The average Bonchev–Trinajstić information content (AvgIpc) is 2.55. The Morgan fingerprint density at radius 2 is 1.65 bits per heavy atom. The van der Waals surface area contributed by atoms with Crippen molar-refractivity contribution >= 4 is 18.1 Å². The first-order chi connectivity index (χ1) is 11.2. The van der Waals surface area contributed by atoms with Gasteiger partial charge in [-0.05, 0) is 11.6 Å². The fourth-order valence-electron chi connectivity index (χ4n) is 1.56. The van der Waals surface area contributed by atoms with Crippen molar-refractivity contribution in [3.05, 3.63) is 42.0 Å². The Morgan fingerprint density at radius 1 is 1.00 bits per heavy atom. The molecule has 0 aliphatic rings. The predicted molar refractivity (Wildman–Crippen MR) is 85.7 cm³/mol. The highest BCUT2D eigenvalue weighted by atomic mass is 16.6. The van der Waals surface area contributed by atoms with Crippen LogP contribution in [0.4, 0.5) is 4.79 Å². The third kappa shape index (κ3) is 10.9. The molecule has 0 spiro atoms. The van der Waals surface area contributed by atoms with Gasteiger partial charge in [0.25, 0.3) is 0 Å². The maximum absolute atomic E-state index is 11.5. The van der Waals surface area contributed by atoms with Crippen LogP contribution in [-0.4, -0.2) is 51.6 Å². The van der Waals surface area contributed by atoms with Crippen LogP contribution >= 0.6 is 0 Å². The Balaban J connectivity index is 1.93. The smallest absolute Gasteiger partial charge is 0.404 e. The molecule has 126 valence electrons. The first kappa shape index (κ1) is 18.7. The second kappa shape index (κ2) is 12.2. The molecule has 7 heteroatoms. The van der Waals surface area contributed by atoms with Gasteiger partial charge in [0, 0.05) is 12.6 Å². The number of amides is 2. The van der Waals surface area contributed by atoms with Crippen LogP contribution < -0.4 is 11.1 Å². The van der Waals surface area contributed by atoms with Crippen LogP contribution in [0.5, 0.6) is 0 Å². The molecule has 2 amide bonds. The Labute approximate surface area is 135 Å². The molecule has 0 fully saturated rings. The van der Waals surface area contributed by atoms with Crippen LogP contribution in [0.15, 0.2) is 36.4 Å². The van der Waals surface area contributed by atoms with E-state index in [-0.39, 0.29) is 19.1 Å². The van der Waals surface area contributed by atoms with Gasteiger partial charge in [0.2, 0.25) is 5.91 Å². The molecule has 0 atom stereocenters. The van der Waals surface area contributed by atoms with E-state index in [4.69, 9.17) is 15.2 Å². The SMILES string of the molecule is NC(=O)OCCOCCOCCNC(=O)/C=C/c1ccccc1. The van der Waals surface area contributed by atoms with Crippen LogP contribution in [0.25, 0.3) is 6.08 Å². The number of carbonyl (C=O) groups is 2. The summed E-state index contributed by atoms with van der Waals surface area (Å²) in [6.07, 6.45) is 2.41. The van der Waals surface area contributed by atoms with Crippen LogP contribution in [0.1, 0.15) is 5.56 Å². The third-order valence-electron chi connectivity index (χ3n) is 2.62. The molecule has 0 aliphatic heterocycles. The Hall–Kier alpha value is -2.38. The topological polar surface area (TPSA) is 99.9 Å². The number of hydrogen-bond acceptors (Lipinski definition) is 5. The van der Waals surface area contributed by atoms with Gasteiger partial charge in [-0.2, -0.15) is 0 Å². The van der Waals surface area contributed by atoms with Gasteiger partial charge in [-0.3, -0.25) is 4.79 Å². The number of nitrogens with two attached hydrogens (primary N) is 1. The standard InChI is InChI=1S/C16H22N2O5/c17-16(20)23-13-12-22-11-10-21-9-8-18-15(19)7-6-14-4-2-1-3-5-14/h1-7H,8-13H2,(H2,17,20)(H,18,19)/b7-6+. The van der Waals surface area contributed by atoms with Crippen molar-refractivity contribution in [3.63, 3.8) is 0 Å². The summed E-state index contributed by atoms with van der Waals surface area (Å²) < 4.78 is 14.9. The fourth-order valence-corrected chi connectivity index (χ4v) is 1.56. The van der Waals surface area contributed by atoms with Crippen molar-refractivity contribution in [2.24, 2.45) is 5.73 Å². The summed E-state index contributed by atoms with van der Waals surface area (Å²) in [6.45, 7) is 1.98. The van der Waals surface area contributed by atoms with Crippen molar-refractivity contribution in [1.29, 1.82) is 0 Å². The minimum atomic E-state index is -0.818. The number of nitrogens with one attached hydrogen (secondary N) is 1. The van der Waals surface area contributed by atoms with E-state index >= 15 is 0 Å². The van der Waals surface area contributed by atoms with Gasteiger partial charge in [0.1, 0.15) is 6.61 Å². The van der Waals surface area contributed by atoms with Gasteiger partial charge in [-0.1, -0.05) is 30.3 Å². The minimum Gasteiger partial charge on any atom is -0.447 e.